The summed E-state index contributed by atoms with van der Waals surface area (Å²) in [6.07, 6.45) is 3.75. The van der Waals surface area contributed by atoms with E-state index in [4.69, 9.17) is 0 Å². The van der Waals surface area contributed by atoms with Crippen LogP contribution in [0.15, 0.2) is 73.1 Å². The molecule has 0 aliphatic rings. The van der Waals surface area contributed by atoms with Gasteiger partial charge in [0.25, 0.3) is 5.91 Å². The van der Waals surface area contributed by atoms with Gasteiger partial charge in [0.2, 0.25) is 6.54 Å². The Hall–Kier alpha value is -2.68. The van der Waals surface area contributed by atoms with Crippen molar-refractivity contribution in [1.29, 1.82) is 0 Å². The van der Waals surface area contributed by atoms with Gasteiger partial charge in [-0.15, -0.1) is 0 Å². The molecule has 1 heterocycles. The quantitative estimate of drug-likeness (QED) is 0.724. The van der Waals surface area contributed by atoms with E-state index >= 15 is 0 Å². The van der Waals surface area contributed by atoms with E-state index in [1.807, 2.05) is 71.6 Å². The first-order valence-corrected chi connectivity index (χ1v) is 6.54. The number of pyridine rings is 1. The van der Waals surface area contributed by atoms with Gasteiger partial charge in [-0.1, -0.05) is 36.4 Å². The van der Waals surface area contributed by atoms with Gasteiger partial charge in [-0.05, 0) is 22.9 Å². The number of nitrogens with one attached hydrogen (secondary N) is 1. The maximum Gasteiger partial charge on any atom is 0.290 e. The third-order valence-corrected chi connectivity index (χ3v) is 3.14. The van der Waals surface area contributed by atoms with Crippen LogP contribution in [-0.4, -0.2) is 5.91 Å². The lowest BCUT2D eigenvalue weighted by Crippen LogP contribution is -2.39. The molecule has 0 saturated carbocycles. The predicted octanol–water partition coefficient (Wildman–Crippen LogP) is 2.77. The summed E-state index contributed by atoms with van der Waals surface area (Å²) in [5, 5.41) is 5.21. The van der Waals surface area contributed by atoms with Gasteiger partial charge < -0.3 is 5.32 Å². The number of fused-ring (bicyclic) bond motifs is 1. The van der Waals surface area contributed by atoms with Gasteiger partial charge >= 0.3 is 0 Å². The standard InChI is InChI=1S/C17H14N2O/c20-17(13-19-10-4-1-5-11-19)18-16-9-8-14-6-2-3-7-15(14)12-16/h1-12H,13H2/p+1. The van der Waals surface area contributed by atoms with Crippen molar-refractivity contribution < 1.29 is 9.36 Å². The summed E-state index contributed by atoms with van der Waals surface area (Å²) in [6, 6.07) is 19.8. The molecule has 3 heteroatoms. The number of benzene rings is 2. The highest BCUT2D eigenvalue weighted by Crippen LogP contribution is 2.18. The Labute approximate surface area is 117 Å². The molecule has 1 amide bonds. The van der Waals surface area contributed by atoms with Crippen LogP contribution in [0.1, 0.15) is 0 Å². The third kappa shape index (κ3) is 2.83. The van der Waals surface area contributed by atoms with Crippen molar-refractivity contribution in [2.24, 2.45) is 0 Å². The van der Waals surface area contributed by atoms with E-state index in [0.717, 1.165) is 11.1 Å². The maximum atomic E-state index is 12.0. The molecule has 20 heavy (non-hydrogen) atoms. The molecule has 0 saturated heterocycles. The molecule has 1 N–H and O–H groups in total. The lowest BCUT2D eigenvalue weighted by Gasteiger charge is -2.05. The number of anilines is 1. The second-order valence-electron chi connectivity index (χ2n) is 4.66. The van der Waals surface area contributed by atoms with Crippen molar-refractivity contribution >= 4 is 22.4 Å². The number of aromatic nitrogens is 1. The topological polar surface area (TPSA) is 33.0 Å². The molecule has 0 unspecified atom stereocenters. The molecule has 0 fully saturated rings. The second-order valence-corrected chi connectivity index (χ2v) is 4.66. The van der Waals surface area contributed by atoms with Crippen LogP contribution in [0.2, 0.25) is 0 Å². The smallest absolute Gasteiger partial charge is 0.290 e. The molecule has 0 spiro atoms. The van der Waals surface area contributed by atoms with E-state index in [-0.39, 0.29) is 5.91 Å². The fraction of sp³-hybridized carbons (Fsp3) is 0.0588. The fourth-order valence-electron chi connectivity index (χ4n) is 2.17. The molecule has 0 aliphatic carbocycles. The van der Waals surface area contributed by atoms with Gasteiger partial charge in [-0.3, -0.25) is 4.79 Å². The Kier molecular flexibility index (Phi) is 3.42. The Balaban J connectivity index is 1.74. The molecule has 3 rings (SSSR count). The second kappa shape index (κ2) is 5.53. The molecular weight excluding hydrogens is 248 g/mol. The summed E-state index contributed by atoms with van der Waals surface area (Å²) < 4.78 is 1.84. The average molecular weight is 263 g/mol. The first kappa shape index (κ1) is 12.4. The van der Waals surface area contributed by atoms with Crippen LogP contribution >= 0.6 is 0 Å². The zero-order chi connectivity index (χ0) is 13.8. The molecule has 0 bridgehead atoms. The first-order chi connectivity index (χ1) is 9.81. The number of nitrogens with zero attached hydrogens (tertiary/aromatic N) is 1. The number of hydrogen-bond acceptors (Lipinski definition) is 1. The predicted molar refractivity (Wildman–Crippen MR) is 79.2 cm³/mol. The fourth-order valence-corrected chi connectivity index (χ4v) is 2.17. The van der Waals surface area contributed by atoms with Gasteiger partial charge in [0, 0.05) is 17.8 Å². The molecule has 0 aliphatic heterocycles. The van der Waals surface area contributed by atoms with Gasteiger partial charge in [0.1, 0.15) is 0 Å². The minimum Gasteiger partial charge on any atom is -0.321 e. The third-order valence-electron chi connectivity index (χ3n) is 3.14. The van der Waals surface area contributed by atoms with Gasteiger partial charge in [-0.2, -0.15) is 4.57 Å². The van der Waals surface area contributed by atoms with Crippen LogP contribution in [-0.2, 0) is 11.3 Å². The zero-order valence-electron chi connectivity index (χ0n) is 11.0. The molecule has 1 aromatic heterocycles. The number of carbonyl (C=O) groups is 1. The van der Waals surface area contributed by atoms with E-state index in [9.17, 15) is 4.79 Å². The summed E-state index contributed by atoms with van der Waals surface area (Å²) in [7, 11) is 0. The highest BCUT2D eigenvalue weighted by molar-refractivity contribution is 5.93. The normalized spacial score (nSPS) is 10.4. The Bertz CT molecular complexity index is 738. The summed E-state index contributed by atoms with van der Waals surface area (Å²) in [4.78, 5) is 12.0. The molecule has 3 aromatic rings. The summed E-state index contributed by atoms with van der Waals surface area (Å²) in [6.45, 7) is 0.313. The lowest BCUT2D eigenvalue weighted by molar-refractivity contribution is -0.684. The van der Waals surface area contributed by atoms with Crippen molar-refractivity contribution in [3.05, 3.63) is 73.1 Å². The summed E-state index contributed by atoms with van der Waals surface area (Å²) >= 11 is 0. The monoisotopic (exact) mass is 263 g/mol. The van der Waals surface area contributed by atoms with Crippen molar-refractivity contribution in [2.45, 2.75) is 6.54 Å². The van der Waals surface area contributed by atoms with Crippen LogP contribution in [0.3, 0.4) is 0 Å². The number of amides is 1. The van der Waals surface area contributed by atoms with Gasteiger partial charge in [0.05, 0.1) is 0 Å². The highest BCUT2D eigenvalue weighted by atomic mass is 16.1. The minimum atomic E-state index is -0.0310. The molecule has 3 nitrogen and oxygen atoms in total. The Morgan fingerprint density at radius 1 is 0.900 bits per heavy atom. The minimum absolute atomic E-state index is 0.0310. The Morgan fingerprint density at radius 3 is 2.45 bits per heavy atom. The molecule has 0 radical (unpaired) electrons. The van der Waals surface area contributed by atoms with Crippen LogP contribution in [0, 0.1) is 0 Å². The van der Waals surface area contributed by atoms with Crippen LogP contribution in [0.25, 0.3) is 10.8 Å². The van der Waals surface area contributed by atoms with Gasteiger partial charge in [0.15, 0.2) is 12.4 Å². The lowest BCUT2D eigenvalue weighted by atomic mass is 10.1. The zero-order valence-corrected chi connectivity index (χ0v) is 11.0. The van der Waals surface area contributed by atoms with Crippen LogP contribution < -0.4 is 9.88 Å². The number of hydrogen-bond donors (Lipinski definition) is 1. The van der Waals surface area contributed by atoms with Crippen molar-refractivity contribution in [1.82, 2.24) is 0 Å². The maximum absolute atomic E-state index is 12.0. The number of rotatable bonds is 3. The van der Waals surface area contributed by atoms with Crippen LogP contribution in [0.5, 0.6) is 0 Å². The highest BCUT2D eigenvalue weighted by Gasteiger charge is 2.08. The first-order valence-electron chi connectivity index (χ1n) is 6.54. The number of carbonyl (C=O) groups excluding carboxylic acids is 1. The molecule has 2 aromatic carbocycles. The van der Waals surface area contributed by atoms with E-state index in [2.05, 4.69) is 11.4 Å². The average Bonchev–Trinajstić information content (AvgIpc) is 2.48. The molecule has 0 atom stereocenters. The SMILES string of the molecule is O=C(C[n+]1ccccc1)Nc1ccc2ccccc2c1. The molecule has 98 valence electrons. The van der Waals surface area contributed by atoms with E-state index in [0.29, 0.717) is 6.54 Å². The Morgan fingerprint density at radius 2 is 1.65 bits per heavy atom. The molecular formula is C17H15N2O+. The van der Waals surface area contributed by atoms with Crippen molar-refractivity contribution in [3.63, 3.8) is 0 Å². The van der Waals surface area contributed by atoms with Gasteiger partial charge in [-0.25, -0.2) is 0 Å². The van der Waals surface area contributed by atoms with Crippen LogP contribution in [0.4, 0.5) is 5.69 Å². The largest absolute Gasteiger partial charge is 0.321 e. The van der Waals surface area contributed by atoms with E-state index in [1.165, 1.54) is 5.39 Å². The van der Waals surface area contributed by atoms with Crippen molar-refractivity contribution in [3.8, 4) is 0 Å². The van der Waals surface area contributed by atoms with E-state index < -0.39 is 0 Å². The van der Waals surface area contributed by atoms with Crippen molar-refractivity contribution in [2.75, 3.05) is 5.32 Å². The summed E-state index contributed by atoms with van der Waals surface area (Å²) in [5.74, 6) is -0.0310. The summed E-state index contributed by atoms with van der Waals surface area (Å²) in [5.41, 5.74) is 0.824. The van der Waals surface area contributed by atoms with E-state index in [1.54, 1.807) is 0 Å².